The van der Waals surface area contributed by atoms with E-state index in [0.29, 0.717) is 22.6 Å². The summed E-state index contributed by atoms with van der Waals surface area (Å²) in [6.07, 6.45) is 6.25. The highest BCUT2D eigenvalue weighted by atomic mass is 35.5. The molecule has 0 spiro atoms. The second-order valence-electron chi connectivity index (χ2n) is 4.29. The van der Waals surface area contributed by atoms with Crippen LogP contribution in [0.4, 0.5) is 0 Å². The van der Waals surface area contributed by atoms with Crippen LogP contribution >= 0.6 is 24.0 Å². The first-order valence-electron chi connectivity index (χ1n) is 6.28. The normalized spacial score (nSPS) is 11.2. The van der Waals surface area contributed by atoms with E-state index in [0.717, 1.165) is 18.5 Å². The Morgan fingerprint density at radius 3 is 2.70 bits per heavy atom. The number of benzene rings is 1. The van der Waals surface area contributed by atoms with Crippen LogP contribution in [0.5, 0.6) is 11.5 Å². The molecule has 0 bridgehead atoms. The zero-order chi connectivity index (χ0) is 14.3. The smallest absolute Gasteiger partial charge is 0.181 e. The molecular weight excluding hydrogens is 297 g/mol. The van der Waals surface area contributed by atoms with Crippen molar-refractivity contribution in [1.29, 1.82) is 0 Å². The molecule has 0 aromatic heterocycles. The van der Waals surface area contributed by atoms with E-state index in [9.17, 15) is 0 Å². The zero-order valence-corrected chi connectivity index (χ0v) is 13.6. The van der Waals surface area contributed by atoms with Gasteiger partial charge >= 0.3 is 0 Å². The van der Waals surface area contributed by atoms with Crippen molar-refractivity contribution < 1.29 is 9.47 Å². The Morgan fingerprint density at radius 2 is 2.15 bits per heavy atom. The zero-order valence-electron chi connectivity index (χ0n) is 12.0. The van der Waals surface area contributed by atoms with E-state index in [4.69, 9.17) is 27.5 Å². The molecule has 5 heteroatoms. The second kappa shape index (κ2) is 9.77. The van der Waals surface area contributed by atoms with Gasteiger partial charge in [0, 0.05) is 12.6 Å². The van der Waals surface area contributed by atoms with Crippen LogP contribution in [0, 0.1) is 12.3 Å². The molecule has 20 heavy (non-hydrogen) atoms. The van der Waals surface area contributed by atoms with E-state index in [1.165, 1.54) is 0 Å². The third-order valence-corrected chi connectivity index (χ3v) is 3.14. The molecule has 0 saturated heterocycles. The highest BCUT2D eigenvalue weighted by molar-refractivity contribution is 6.32. The van der Waals surface area contributed by atoms with Crippen LogP contribution in [0.3, 0.4) is 0 Å². The van der Waals surface area contributed by atoms with Crippen LogP contribution < -0.4 is 14.8 Å². The van der Waals surface area contributed by atoms with Crippen LogP contribution in [-0.4, -0.2) is 19.8 Å². The quantitative estimate of drug-likeness (QED) is 0.778. The van der Waals surface area contributed by atoms with Crippen molar-refractivity contribution in [3.8, 4) is 23.8 Å². The van der Waals surface area contributed by atoms with Crippen LogP contribution in [0.1, 0.15) is 25.8 Å². The van der Waals surface area contributed by atoms with Crippen molar-refractivity contribution in [2.45, 2.75) is 32.9 Å². The minimum atomic E-state index is 0. The molecule has 1 atom stereocenters. The molecule has 1 unspecified atom stereocenters. The average molecular weight is 318 g/mol. The number of halogens is 2. The molecule has 0 fully saturated rings. The Morgan fingerprint density at radius 1 is 1.45 bits per heavy atom. The number of ether oxygens (including phenoxy) is 2. The van der Waals surface area contributed by atoms with Crippen molar-refractivity contribution in [2.75, 3.05) is 13.7 Å². The predicted molar refractivity (Wildman–Crippen MR) is 86.2 cm³/mol. The molecule has 0 aliphatic carbocycles. The summed E-state index contributed by atoms with van der Waals surface area (Å²) < 4.78 is 10.7. The number of hydrogen-bond acceptors (Lipinski definition) is 3. The average Bonchev–Trinajstić information content (AvgIpc) is 2.42. The Labute approximate surface area is 132 Å². The van der Waals surface area contributed by atoms with Gasteiger partial charge < -0.3 is 14.8 Å². The van der Waals surface area contributed by atoms with E-state index in [1.54, 1.807) is 7.11 Å². The van der Waals surface area contributed by atoms with Gasteiger partial charge in [0.25, 0.3) is 0 Å². The van der Waals surface area contributed by atoms with Gasteiger partial charge in [-0.15, -0.1) is 18.8 Å². The van der Waals surface area contributed by atoms with Gasteiger partial charge in [-0.05, 0) is 31.0 Å². The summed E-state index contributed by atoms with van der Waals surface area (Å²) in [6.45, 7) is 5.19. The van der Waals surface area contributed by atoms with Crippen molar-refractivity contribution in [1.82, 2.24) is 5.32 Å². The monoisotopic (exact) mass is 317 g/mol. The van der Waals surface area contributed by atoms with Crippen molar-refractivity contribution in [2.24, 2.45) is 0 Å². The van der Waals surface area contributed by atoms with Gasteiger partial charge in [-0.25, -0.2) is 0 Å². The lowest BCUT2D eigenvalue weighted by atomic mass is 10.1. The maximum Gasteiger partial charge on any atom is 0.181 e. The molecule has 0 aliphatic heterocycles. The van der Waals surface area contributed by atoms with Crippen LogP contribution in [0.25, 0.3) is 0 Å². The molecular formula is C15H21Cl2NO2. The minimum Gasteiger partial charge on any atom is -0.493 e. The lowest BCUT2D eigenvalue weighted by Gasteiger charge is -2.15. The number of nitrogens with one attached hydrogen (secondary N) is 1. The topological polar surface area (TPSA) is 30.5 Å². The molecule has 0 amide bonds. The third-order valence-electron chi connectivity index (χ3n) is 2.86. The van der Waals surface area contributed by atoms with Gasteiger partial charge in [-0.3, -0.25) is 0 Å². The molecule has 0 aliphatic rings. The van der Waals surface area contributed by atoms with Gasteiger partial charge in [-0.2, -0.15) is 0 Å². The fraction of sp³-hybridized carbons (Fsp3) is 0.467. The van der Waals surface area contributed by atoms with Gasteiger partial charge in [0.15, 0.2) is 11.5 Å². The molecule has 1 rings (SSSR count). The fourth-order valence-electron chi connectivity index (χ4n) is 1.57. The summed E-state index contributed by atoms with van der Waals surface area (Å²) in [6, 6.07) is 4.24. The maximum atomic E-state index is 6.20. The van der Waals surface area contributed by atoms with Gasteiger partial charge in [0.05, 0.1) is 12.1 Å². The summed E-state index contributed by atoms with van der Waals surface area (Å²) >= 11 is 6.20. The molecule has 112 valence electrons. The Hall–Kier alpha value is -1.08. The van der Waals surface area contributed by atoms with Crippen LogP contribution in [-0.2, 0) is 6.54 Å². The Kier molecular flexibility index (Phi) is 9.24. The summed E-state index contributed by atoms with van der Waals surface area (Å²) in [7, 11) is 1.58. The Bertz CT molecular complexity index is 458. The molecule has 0 heterocycles. The summed E-state index contributed by atoms with van der Waals surface area (Å²) in [4.78, 5) is 0. The lowest BCUT2D eigenvalue weighted by Crippen LogP contribution is -2.24. The highest BCUT2D eigenvalue weighted by Crippen LogP contribution is 2.36. The first-order valence-corrected chi connectivity index (χ1v) is 6.66. The lowest BCUT2D eigenvalue weighted by molar-refractivity contribution is 0.330. The number of terminal acetylenes is 1. The van der Waals surface area contributed by atoms with Crippen molar-refractivity contribution in [3.05, 3.63) is 22.7 Å². The molecule has 1 N–H and O–H groups in total. The maximum absolute atomic E-state index is 6.20. The first-order chi connectivity index (χ1) is 9.12. The highest BCUT2D eigenvalue weighted by Gasteiger charge is 2.12. The third kappa shape index (κ3) is 5.50. The van der Waals surface area contributed by atoms with Crippen molar-refractivity contribution >= 4 is 24.0 Å². The molecule has 0 saturated carbocycles. The van der Waals surface area contributed by atoms with Gasteiger partial charge in [0.2, 0.25) is 0 Å². The molecule has 1 aromatic carbocycles. The number of methoxy groups -OCH3 is 1. The van der Waals surface area contributed by atoms with Gasteiger partial charge in [-0.1, -0.05) is 24.4 Å². The van der Waals surface area contributed by atoms with E-state index >= 15 is 0 Å². The molecule has 3 nitrogen and oxygen atoms in total. The van der Waals surface area contributed by atoms with E-state index in [-0.39, 0.29) is 19.0 Å². The Balaban J connectivity index is 0.00000361. The second-order valence-corrected chi connectivity index (χ2v) is 4.70. The summed E-state index contributed by atoms with van der Waals surface area (Å²) in [5.41, 5.74) is 1.05. The number of hydrogen-bond donors (Lipinski definition) is 1. The van der Waals surface area contributed by atoms with Gasteiger partial charge in [0.1, 0.15) is 6.61 Å². The van der Waals surface area contributed by atoms with Crippen molar-refractivity contribution in [3.63, 3.8) is 0 Å². The molecule has 1 aromatic rings. The van der Waals surface area contributed by atoms with E-state index in [2.05, 4.69) is 25.1 Å². The van der Waals surface area contributed by atoms with E-state index < -0.39 is 0 Å². The predicted octanol–water partition coefficient (Wildman–Crippen LogP) is 3.67. The minimum absolute atomic E-state index is 0. The van der Waals surface area contributed by atoms with E-state index in [1.807, 2.05) is 12.1 Å². The molecule has 0 radical (unpaired) electrons. The van der Waals surface area contributed by atoms with Crippen LogP contribution in [0.2, 0.25) is 5.02 Å². The first kappa shape index (κ1) is 18.9. The largest absolute Gasteiger partial charge is 0.493 e. The SMILES string of the molecule is C#CCOc1c(Cl)cc(CNC(C)CC)cc1OC.Cl. The fourth-order valence-corrected chi connectivity index (χ4v) is 1.85. The van der Waals surface area contributed by atoms with Crippen LogP contribution in [0.15, 0.2) is 12.1 Å². The summed E-state index contributed by atoms with van der Waals surface area (Å²) in [5.74, 6) is 3.50. The summed E-state index contributed by atoms with van der Waals surface area (Å²) in [5, 5.41) is 3.91. The number of rotatable bonds is 7. The standard InChI is InChI=1S/C15H20ClNO2.ClH/c1-5-7-19-15-13(16)8-12(9-14(15)18-4)10-17-11(3)6-2;/h1,8-9,11,17H,6-7,10H2,2-4H3;1H.